The molecule has 0 saturated heterocycles. The van der Waals surface area contributed by atoms with Gasteiger partial charge in [0.15, 0.2) is 11.5 Å². The molecule has 17 heavy (non-hydrogen) atoms. The van der Waals surface area contributed by atoms with Crippen molar-refractivity contribution in [1.29, 1.82) is 0 Å². The van der Waals surface area contributed by atoms with Crippen LogP contribution in [0.2, 0.25) is 0 Å². The number of hydrogen-bond acceptors (Lipinski definition) is 4. The number of methoxy groups -OCH3 is 1. The SMILES string of the molecule is COc1cccc2c1Oc1ncccc1NC2. The molecule has 1 aliphatic rings. The Balaban J connectivity index is 2.12. The Labute approximate surface area is 99.2 Å². The van der Waals surface area contributed by atoms with Crippen molar-refractivity contribution in [2.45, 2.75) is 6.54 Å². The van der Waals surface area contributed by atoms with Gasteiger partial charge in [-0.05, 0) is 18.2 Å². The number of nitrogens with one attached hydrogen (secondary N) is 1. The molecular weight excluding hydrogens is 216 g/mol. The predicted molar refractivity (Wildman–Crippen MR) is 64.6 cm³/mol. The fourth-order valence-electron chi connectivity index (χ4n) is 1.87. The van der Waals surface area contributed by atoms with E-state index in [1.54, 1.807) is 13.3 Å². The molecule has 4 nitrogen and oxygen atoms in total. The number of pyridine rings is 1. The number of aromatic nitrogens is 1. The maximum Gasteiger partial charge on any atom is 0.243 e. The molecule has 1 aromatic carbocycles. The number of benzene rings is 1. The van der Waals surface area contributed by atoms with Crippen LogP contribution in [0.15, 0.2) is 36.5 Å². The second-order valence-corrected chi connectivity index (χ2v) is 3.76. The Morgan fingerprint density at radius 1 is 1.29 bits per heavy atom. The minimum absolute atomic E-state index is 0.579. The van der Waals surface area contributed by atoms with Gasteiger partial charge in [-0.15, -0.1) is 0 Å². The molecule has 1 aliphatic heterocycles. The largest absolute Gasteiger partial charge is 0.493 e. The van der Waals surface area contributed by atoms with Crippen molar-refractivity contribution in [3.8, 4) is 17.4 Å². The molecule has 0 aliphatic carbocycles. The van der Waals surface area contributed by atoms with E-state index >= 15 is 0 Å². The minimum Gasteiger partial charge on any atom is -0.493 e. The maximum atomic E-state index is 5.83. The third kappa shape index (κ3) is 1.67. The zero-order chi connectivity index (χ0) is 11.7. The number of rotatable bonds is 1. The van der Waals surface area contributed by atoms with E-state index in [0.29, 0.717) is 12.4 Å². The third-order valence-corrected chi connectivity index (χ3v) is 2.72. The first-order valence-electron chi connectivity index (χ1n) is 5.41. The monoisotopic (exact) mass is 228 g/mol. The van der Waals surface area contributed by atoms with Gasteiger partial charge < -0.3 is 14.8 Å². The predicted octanol–water partition coefficient (Wildman–Crippen LogP) is 2.81. The van der Waals surface area contributed by atoms with Crippen molar-refractivity contribution in [1.82, 2.24) is 4.98 Å². The van der Waals surface area contributed by atoms with Gasteiger partial charge in [-0.25, -0.2) is 4.98 Å². The number of hydrogen-bond donors (Lipinski definition) is 1. The second kappa shape index (κ2) is 3.97. The van der Waals surface area contributed by atoms with E-state index in [0.717, 1.165) is 22.7 Å². The average Bonchev–Trinajstić information content (AvgIpc) is 2.57. The third-order valence-electron chi connectivity index (χ3n) is 2.72. The van der Waals surface area contributed by atoms with Gasteiger partial charge in [-0.3, -0.25) is 0 Å². The molecule has 1 N–H and O–H groups in total. The minimum atomic E-state index is 0.579. The van der Waals surface area contributed by atoms with E-state index in [4.69, 9.17) is 9.47 Å². The highest BCUT2D eigenvalue weighted by atomic mass is 16.5. The summed E-state index contributed by atoms with van der Waals surface area (Å²) in [6.07, 6.45) is 1.71. The molecule has 0 atom stereocenters. The normalized spacial score (nSPS) is 12.5. The number of nitrogens with zero attached hydrogens (tertiary/aromatic N) is 1. The summed E-state index contributed by atoms with van der Waals surface area (Å²) in [4.78, 5) is 4.21. The van der Waals surface area contributed by atoms with Crippen molar-refractivity contribution in [2.75, 3.05) is 12.4 Å². The zero-order valence-electron chi connectivity index (χ0n) is 9.43. The molecule has 2 aromatic rings. The Hall–Kier alpha value is -2.23. The van der Waals surface area contributed by atoms with Gasteiger partial charge in [-0.2, -0.15) is 0 Å². The first kappa shape index (κ1) is 9.96. The first-order valence-corrected chi connectivity index (χ1v) is 5.41. The topological polar surface area (TPSA) is 43.4 Å². The van der Waals surface area contributed by atoms with E-state index < -0.39 is 0 Å². The maximum absolute atomic E-state index is 5.83. The van der Waals surface area contributed by atoms with E-state index in [2.05, 4.69) is 10.3 Å². The van der Waals surface area contributed by atoms with Crippen molar-refractivity contribution in [2.24, 2.45) is 0 Å². The Morgan fingerprint density at radius 2 is 2.24 bits per heavy atom. The molecule has 0 saturated carbocycles. The van der Waals surface area contributed by atoms with Crippen LogP contribution in [-0.2, 0) is 6.54 Å². The fraction of sp³-hybridized carbons (Fsp3) is 0.154. The molecule has 1 aromatic heterocycles. The lowest BCUT2D eigenvalue weighted by Crippen LogP contribution is -1.97. The van der Waals surface area contributed by atoms with E-state index in [9.17, 15) is 0 Å². The smallest absolute Gasteiger partial charge is 0.243 e. The van der Waals surface area contributed by atoms with Crippen molar-refractivity contribution in [3.63, 3.8) is 0 Å². The lowest BCUT2D eigenvalue weighted by atomic mass is 10.2. The van der Waals surface area contributed by atoms with Gasteiger partial charge in [0.2, 0.25) is 5.88 Å². The highest BCUT2D eigenvalue weighted by Crippen LogP contribution is 2.39. The summed E-state index contributed by atoms with van der Waals surface area (Å²) < 4.78 is 11.1. The van der Waals surface area contributed by atoms with E-state index in [-0.39, 0.29) is 0 Å². The summed E-state index contributed by atoms with van der Waals surface area (Å²) in [5.41, 5.74) is 1.95. The van der Waals surface area contributed by atoms with Gasteiger partial charge >= 0.3 is 0 Å². The molecule has 0 radical (unpaired) electrons. The number of para-hydroxylation sites is 1. The highest BCUT2D eigenvalue weighted by Gasteiger charge is 2.18. The average molecular weight is 228 g/mol. The first-order chi connectivity index (χ1) is 8.38. The van der Waals surface area contributed by atoms with Gasteiger partial charge in [0.25, 0.3) is 0 Å². The quantitative estimate of drug-likeness (QED) is 0.815. The van der Waals surface area contributed by atoms with Crippen molar-refractivity contribution in [3.05, 3.63) is 42.1 Å². The lowest BCUT2D eigenvalue weighted by Gasteiger charge is -2.10. The highest BCUT2D eigenvalue weighted by molar-refractivity contribution is 5.59. The van der Waals surface area contributed by atoms with Crippen LogP contribution in [-0.4, -0.2) is 12.1 Å². The lowest BCUT2D eigenvalue weighted by molar-refractivity contribution is 0.374. The zero-order valence-corrected chi connectivity index (χ0v) is 9.43. The van der Waals surface area contributed by atoms with Crippen molar-refractivity contribution < 1.29 is 9.47 Å². The van der Waals surface area contributed by atoms with Crippen LogP contribution in [0, 0.1) is 0 Å². The Kier molecular flexibility index (Phi) is 2.33. The second-order valence-electron chi connectivity index (χ2n) is 3.76. The molecule has 0 amide bonds. The molecule has 3 rings (SSSR count). The Morgan fingerprint density at radius 3 is 3.12 bits per heavy atom. The standard InChI is InChI=1S/C13H12N2O2/c1-16-11-6-2-4-9-8-15-10-5-3-7-14-13(10)17-12(9)11/h2-7,15H,8H2,1H3. The molecule has 4 heteroatoms. The molecule has 0 spiro atoms. The Bertz CT molecular complexity index is 555. The molecule has 0 fully saturated rings. The van der Waals surface area contributed by atoms with Crippen LogP contribution in [0.3, 0.4) is 0 Å². The summed E-state index contributed by atoms with van der Waals surface area (Å²) in [5.74, 6) is 2.04. The van der Waals surface area contributed by atoms with Gasteiger partial charge in [-0.1, -0.05) is 12.1 Å². The number of anilines is 1. The number of ether oxygens (including phenoxy) is 2. The van der Waals surface area contributed by atoms with E-state index in [1.165, 1.54) is 0 Å². The van der Waals surface area contributed by atoms with Crippen molar-refractivity contribution >= 4 is 5.69 Å². The van der Waals surface area contributed by atoms with Crippen LogP contribution in [0.1, 0.15) is 5.56 Å². The molecule has 2 heterocycles. The molecular formula is C13H12N2O2. The van der Waals surface area contributed by atoms with Gasteiger partial charge in [0, 0.05) is 18.3 Å². The summed E-state index contributed by atoms with van der Waals surface area (Å²) in [5, 5.41) is 3.29. The molecule has 0 bridgehead atoms. The number of fused-ring (bicyclic) bond motifs is 2. The fourth-order valence-corrected chi connectivity index (χ4v) is 1.87. The van der Waals surface area contributed by atoms with Gasteiger partial charge in [0.05, 0.1) is 12.8 Å². The van der Waals surface area contributed by atoms with Gasteiger partial charge in [0.1, 0.15) is 0 Å². The summed E-state index contributed by atoms with van der Waals surface area (Å²) >= 11 is 0. The molecule has 86 valence electrons. The summed E-state index contributed by atoms with van der Waals surface area (Å²) in [7, 11) is 1.64. The summed E-state index contributed by atoms with van der Waals surface area (Å²) in [6.45, 7) is 0.700. The van der Waals surface area contributed by atoms with Crippen LogP contribution >= 0.6 is 0 Å². The summed E-state index contributed by atoms with van der Waals surface area (Å²) in [6, 6.07) is 9.67. The van der Waals surface area contributed by atoms with Crippen LogP contribution in [0.25, 0.3) is 0 Å². The van der Waals surface area contributed by atoms with Crippen LogP contribution in [0.5, 0.6) is 17.4 Å². The van der Waals surface area contributed by atoms with E-state index in [1.807, 2.05) is 30.3 Å². The van der Waals surface area contributed by atoms with Crippen LogP contribution in [0.4, 0.5) is 5.69 Å². The molecule has 0 unspecified atom stereocenters. The van der Waals surface area contributed by atoms with Crippen LogP contribution < -0.4 is 14.8 Å².